The number of hydrogen-bond acceptors (Lipinski definition) is 1. The lowest BCUT2D eigenvalue weighted by molar-refractivity contribution is 0.131. The Kier molecular flexibility index (Phi) is 7.32. The Morgan fingerprint density at radius 1 is 0.808 bits per heavy atom. The van der Waals surface area contributed by atoms with Crippen LogP contribution in [-0.2, 0) is 0 Å². The standard InChI is InChI=1S/C25H36O/c1-7-19(2)17-23(22-11-9-8-10-12-22)18-20(3)21-13-15-24(16-14-21)26-25(4,5)6/h8-16,19-20,23H,7,17-18H2,1-6H3. The molecule has 0 heterocycles. The van der Waals surface area contributed by atoms with Gasteiger partial charge in [0.05, 0.1) is 0 Å². The monoisotopic (exact) mass is 352 g/mol. The molecule has 2 rings (SSSR count). The molecular weight excluding hydrogens is 316 g/mol. The van der Waals surface area contributed by atoms with Gasteiger partial charge in [-0.2, -0.15) is 0 Å². The van der Waals surface area contributed by atoms with E-state index in [0.717, 1.165) is 11.7 Å². The van der Waals surface area contributed by atoms with Crippen molar-refractivity contribution in [3.63, 3.8) is 0 Å². The first kappa shape index (κ1) is 20.6. The smallest absolute Gasteiger partial charge is 0.120 e. The van der Waals surface area contributed by atoms with E-state index in [1.165, 1.54) is 30.4 Å². The summed E-state index contributed by atoms with van der Waals surface area (Å²) in [5.41, 5.74) is 2.73. The van der Waals surface area contributed by atoms with Crippen molar-refractivity contribution in [2.45, 2.75) is 78.2 Å². The van der Waals surface area contributed by atoms with Gasteiger partial charge in [-0.1, -0.05) is 69.7 Å². The third kappa shape index (κ3) is 6.52. The van der Waals surface area contributed by atoms with E-state index in [9.17, 15) is 0 Å². The van der Waals surface area contributed by atoms with Crippen molar-refractivity contribution in [2.24, 2.45) is 5.92 Å². The van der Waals surface area contributed by atoms with Crippen LogP contribution in [0.4, 0.5) is 0 Å². The van der Waals surface area contributed by atoms with Gasteiger partial charge in [0.15, 0.2) is 0 Å². The van der Waals surface area contributed by atoms with Crippen molar-refractivity contribution in [1.82, 2.24) is 0 Å². The lowest BCUT2D eigenvalue weighted by Crippen LogP contribution is -2.22. The Labute approximate surface area is 160 Å². The summed E-state index contributed by atoms with van der Waals surface area (Å²) >= 11 is 0. The number of benzene rings is 2. The van der Waals surface area contributed by atoms with Crippen LogP contribution in [0.1, 0.15) is 83.8 Å². The van der Waals surface area contributed by atoms with Crippen molar-refractivity contribution >= 4 is 0 Å². The molecule has 0 aliphatic rings. The van der Waals surface area contributed by atoms with Gasteiger partial charge in [0.1, 0.15) is 11.4 Å². The molecule has 3 atom stereocenters. The molecule has 2 aromatic carbocycles. The van der Waals surface area contributed by atoms with Crippen LogP contribution in [0.25, 0.3) is 0 Å². The molecule has 3 unspecified atom stereocenters. The first-order valence-electron chi connectivity index (χ1n) is 10.1. The van der Waals surface area contributed by atoms with Crippen molar-refractivity contribution < 1.29 is 4.74 Å². The molecule has 0 aliphatic carbocycles. The van der Waals surface area contributed by atoms with Crippen LogP contribution in [0, 0.1) is 5.92 Å². The van der Waals surface area contributed by atoms with Crippen molar-refractivity contribution in [1.29, 1.82) is 0 Å². The van der Waals surface area contributed by atoms with E-state index in [4.69, 9.17) is 4.74 Å². The highest BCUT2D eigenvalue weighted by Crippen LogP contribution is 2.35. The quantitative estimate of drug-likeness (QED) is 0.476. The lowest BCUT2D eigenvalue weighted by atomic mass is 9.81. The molecule has 2 aromatic rings. The van der Waals surface area contributed by atoms with E-state index < -0.39 is 0 Å². The predicted molar refractivity (Wildman–Crippen MR) is 113 cm³/mol. The Morgan fingerprint density at radius 2 is 1.42 bits per heavy atom. The highest BCUT2D eigenvalue weighted by Gasteiger charge is 2.19. The topological polar surface area (TPSA) is 9.23 Å². The predicted octanol–water partition coefficient (Wildman–Crippen LogP) is 7.58. The van der Waals surface area contributed by atoms with Crippen LogP contribution in [0.5, 0.6) is 5.75 Å². The van der Waals surface area contributed by atoms with Crippen LogP contribution in [0.2, 0.25) is 0 Å². The van der Waals surface area contributed by atoms with Crippen molar-refractivity contribution in [3.05, 3.63) is 65.7 Å². The molecule has 0 amide bonds. The van der Waals surface area contributed by atoms with Gasteiger partial charge >= 0.3 is 0 Å². The zero-order valence-electron chi connectivity index (χ0n) is 17.5. The molecule has 0 N–H and O–H groups in total. The lowest BCUT2D eigenvalue weighted by Gasteiger charge is -2.25. The summed E-state index contributed by atoms with van der Waals surface area (Å²) < 4.78 is 5.95. The van der Waals surface area contributed by atoms with Gasteiger partial charge in [-0.15, -0.1) is 0 Å². The first-order chi connectivity index (χ1) is 12.3. The van der Waals surface area contributed by atoms with E-state index in [2.05, 4.69) is 96.1 Å². The molecule has 142 valence electrons. The normalized spacial score (nSPS) is 15.3. The maximum Gasteiger partial charge on any atom is 0.120 e. The molecule has 1 heteroatoms. The van der Waals surface area contributed by atoms with Gasteiger partial charge in [0.25, 0.3) is 0 Å². The van der Waals surface area contributed by atoms with E-state index in [1.54, 1.807) is 0 Å². The SMILES string of the molecule is CCC(C)CC(CC(C)c1ccc(OC(C)(C)C)cc1)c1ccccc1. The molecule has 0 aliphatic heterocycles. The molecule has 26 heavy (non-hydrogen) atoms. The van der Waals surface area contributed by atoms with Crippen LogP contribution in [-0.4, -0.2) is 5.60 Å². The first-order valence-corrected chi connectivity index (χ1v) is 10.1. The molecule has 0 fully saturated rings. The third-order valence-corrected chi connectivity index (χ3v) is 5.17. The van der Waals surface area contributed by atoms with Gasteiger partial charge < -0.3 is 4.74 Å². The second-order valence-corrected chi connectivity index (χ2v) is 8.78. The summed E-state index contributed by atoms with van der Waals surface area (Å²) in [4.78, 5) is 0. The Bertz CT molecular complexity index is 636. The van der Waals surface area contributed by atoms with Crippen molar-refractivity contribution in [3.8, 4) is 5.75 Å². The fraction of sp³-hybridized carbons (Fsp3) is 0.520. The van der Waals surface area contributed by atoms with Crippen LogP contribution in [0.3, 0.4) is 0 Å². The average Bonchev–Trinajstić information content (AvgIpc) is 2.61. The molecule has 0 bridgehead atoms. The molecule has 0 spiro atoms. The van der Waals surface area contributed by atoms with E-state index in [1.807, 2.05) is 0 Å². The average molecular weight is 353 g/mol. The largest absolute Gasteiger partial charge is 0.488 e. The Morgan fingerprint density at radius 3 is 1.96 bits per heavy atom. The minimum atomic E-state index is -0.151. The van der Waals surface area contributed by atoms with Gasteiger partial charge in [-0.3, -0.25) is 0 Å². The Hall–Kier alpha value is -1.76. The minimum absolute atomic E-state index is 0.151. The van der Waals surface area contributed by atoms with E-state index in [-0.39, 0.29) is 5.60 Å². The summed E-state index contributed by atoms with van der Waals surface area (Å²) in [5, 5.41) is 0. The second kappa shape index (κ2) is 9.26. The summed E-state index contributed by atoms with van der Waals surface area (Å²) in [7, 11) is 0. The highest BCUT2D eigenvalue weighted by molar-refractivity contribution is 5.30. The number of hydrogen-bond donors (Lipinski definition) is 0. The summed E-state index contributed by atoms with van der Waals surface area (Å²) in [5.74, 6) is 2.86. The number of ether oxygens (including phenoxy) is 1. The molecule has 0 aromatic heterocycles. The molecule has 0 saturated carbocycles. The second-order valence-electron chi connectivity index (χ2n) is 8.78. The van der Waals surface area contributed by atoms with Gasteiger partial charge in [-0.05, 0) is 74.6 Å². The molecular formula is C25H36O. The summed E-state index contributed by atoms with van der Waals surface area (Å²) in [6.45, 7) is 13.3. The molecule has 0 radical (unpaired) electrons. The van der Waals surface area contributed by atoms with Crippen LogP contribution in [0.15, 0.2) is 54.6 Å². The zero-order chi connectivity index (χ0) is 19.2. The molecule has 0 saturated heterocycles. The van der Waals surface area contributed by atoms with Gasteiger partial charge in [-0.25, -0.2) is 0 Å². The molecule has 1 nitrogen and oxygen atoms in total. The zero-order valence-corrected chi connectivity index (χ0v) is 17.5. The Balaban J connectivity index is 2.09. The van der Waals surface area contributed by atoms with Crippen LogP contribution < -0.4 is 4.74 Å². The van der Waals surface area contributed by atoms with Gasteiger partial charge in [0.2, 0.25) is 0 Å². The number of rotatable bonds is 8. The maximum absolute atomic E-state index is 5.95. The fourth-order valence-corrected chi connectivity index (χ4v) is 3.53. The van der Waals surface area contributed by atoms with Gasteiger partial charge in [0, 0.05) is 0 Å². The highest BCUT2D eigenvalue weighted by atomic mass is 16.5. The minimum Gasteiger partial charge on any atom is -0.488 e. The van der Waals surface area contributed by atoms with Crippen molar-refractivity contribution in [2.75, 3.05) is 0 Å². The van der Waals surface area contributed by atoms with Crippen LogP contribution >= 0.6 is 0 Å². The summed E-state index contributed by atoms with van der Waals surface area (Å²) in [6, 6.07) is 19.7. The van der Waals surface area contributed by atoms with E-state index in [0.29, 0.717) is 11.8 Å². The summed E-state index contributed by atoms with van der Waals surface area (Å²) in [6.07, 6.45) is 3.69. The third-order valence-electron chi connectivity index (χ3n) is 5.17. The maximum atomic E-state index is 5.95. The van der Waals surface area contributed by atoms with E-state index >= 15 is 0 Å². The fourth-order valence-electron chi connectivity index (χ4n) is 3.53.